The van der Waals surface area contributed by atoms with E-state index in [1.165, 1.54) is 5.56 Å². The van der Waals surface area contributed by atoms with Gasteiger partial charge in [0.25, 0.3) is 0 Å². The molecular weight excluding hydrogens is 226 g/mol. The van der Waals surface area contributed by atoms with Crippen LogP contribution < -0.4 is 4.89 Å². The zero-order valence-electron chi connectivity index (χ0n) is 9.27. The van der Waals surface area contributed by atoms with Crippen LogP contribution in [0.5, 0.6) is 0 Å². The minimum atomic E-state index is -0.558. The molecule has 4 nitrogen and oxygen atoms in total. The van der Waals surface area contributed by atoms with Crippen LogP contribution in [0.25, 0.3) is 0 Å². The Morgan fingerprint density at radius 1 is 1.38 bits per heavy atom. The topological polar surface area (TPSA) is 47.6 Å². The maximum atomic E-state index is 11.3. The van der Waals surface area contributed by atoms with Crippen molar-refractivity contribution in [3.8, 4) is 0 Å². The predicted molar refractivity (Wildman–Crippen MR) is 63.6 cm³/mol. The lowest BCUT2D eigenvalue weighted by Crippen LogP contribution is -2.10. The second-order valence-corrected chi connectivity index (χ2v) is 4.02. The highest BCUT2D eigenvalue weighted by molar-refractivity contribution is 7.77. The number of hydrogen-bond donors (Lipinski definition) is 2. The van der Waals surface area contributed by atoms with E-state index in [9.17, 15) is 4.79 Å². The average molecular weight is 241 g/mol. The van der Waals surface area contributed by atoms with Crippen LogP contribution in [0.3, 0.4) is 0 Å². The molecule has 0 amide bonds. The number of nitrogens with one attached hydrogen (secondary N) is 1. The first kappa shape index (κ1) is 13.0. The Balaban J connectivity index is 2.60. The molecule has 0 aliphatic carbocycles. The Bertz CT molecular complexity index is 338. The van der Waals surface area contributed by atoms with E-state index in [1.807, 2.05) is 17.0 Å². The van der Waals surface area contributed by atoms with E-state index in [4.69, 9.17) is 0 Å². The van der Waals surface area contributed by atoms with Crippen LogP contribution in [0, 0.1) is 5.92 Å². The molecule has 0 aliphatic rings. The quantitative estimate of drug-likeness (QED) is 0.472. The van der Waals surface area contributed by atoms with Crippen LogP contribution in [0.1, 0.15) is 29.8 Å². The minimum absolute atomic E-state index is 0.441. The van der Waals surface area contributed by atoms with Gasteiger partial charge >= 0.3 is 5.97 Å². The lowest BCUT2D eigenvalue weighted by molar-refractivity contribution is -0.262. The van der Waals surface area contributed by atoms with Gasteiger partial charge in [-0.25, -0.2) is 4.79 Å². The Hall–Kier alpha value is -1.04. The Kier molecular flexibility index (Phi) is 5.31. The fourth-order valence-electron chi connectivity index (χ4n) is 1.35. The molecule has 0 saturated carbocycles. The van der Waals surface area contributed by atoms with Crippen molar-refractivity contribution in [3.63, 3.8) is 0 Å². The fraction of sp³-hybridized carbons (Fsp3) is 0.364. The molecule has 0 bridgehead atoms. The van der Waals surface area contributed by atoms with Crippen LogP contribution in [-0.4, -0.2) is 5.97 Å². The van der Waals surface area contributed by atoms with Crippen LogP contribution in [0.15, 0.2) is 24.3 Å². The first-order valence-electron chi connectivity index (χ1n) is 4.99. The molecule has 0 saturated heterocycles. The third kappa shape index (κ3) is 4.22. The monoisotopic (exact) mass is 241 g/mol. The lowest BCUT2D eigenvalue weighted by atomic mass is 10.0. The summed E-state index contributed by atoms with van der Waals surface area (Å²) in [6, 6.07) is 7.24. The van der Waals surface area contributed by atoms with E-state index >= 15 is 0 Å². The summed E-state index contributed by atoms with van der Waals surface area (Å²) in [7, 11) is 0. The van der Waals surface area contributed by atoms with Gasteiger partial charge in [-0.2, -0.15) is 0 Å². The second-order valence-electron chi connectivity index (χ2n) is 3.84. The standard InChI is InChI=1S/C11H15NO3S/c1-8(2)7-9-3-5-10(6-4-9)11(13)14-15-12-16/h3-6,8,12,16H,7H2,1-2H3. The molecule has 1 N–H and O–H groups in total. The zero-order chi connectivity index (χ0) is 12.0. The number of carbonyl (C=O) groups excluding carboxylic acids is 1. The summed E-state index contributed by atoms with van der Waals surface area (Å²) >= 11 is 3.51. The van der Waals surface area contributed by atoms with Gasteiger partial charge in [-0.1, -0.05) is 43.8 Å². The number of hydrogen-bond acceptors (Lipinski definition) is 5. The van der Waals surface area contributed by atoms with E-state index in [2.05, 4.69) is 36.5 Å². The Morgan fingerprint density at radius 2 is 2.00 bits per heavy atom. The molecule has 0 spiro atoms. The van der Waals surface area contributed by atoms with E-state index in [0.717, 1.165) is 6.42 Å². The molecule has 0 radical (unpaired) electrons. The molecule has 0 aliphatic heterocycles. The summed E-state index contributed by atoms with van der Waals surface area (Å²) in [6.07, 6.45) is 0.990. The molecule has 1 rings (SSSR count). The number of thiol groups is 1. The first-order chi connectivity index (χ1) is 7.63. The van der Waals surface area contributed by atoms with Crippen molar-refractivity contribution in [2.24, 2.45) is 5.92 Å². The highest BCUT2D eigenvalue weighted by Gasteiger charge is 2.08. The summed E-state index contributed by atoms with van der Waals surface area (Å²) < 4.78 is 0. The van der Waals surface area contributed by atoms with Gasteiger partial charge in [-0.15, -0.1) is 4.89 Å². The van der Waals surface area contributed by atoms with E-state index < -0.39 is 5.97 Å². The highest BCUT2D eigenvalue weighted by atomic mass is 32.1. The maximum absolute atomic E-state index is 11.3. The van der Waals surface area contributed by atoms with Crippen molar-refractivity contribution < 1.29 is 14.7 Å². The molecule has 16 heavy (non-hydrogen) atoms. The third-order valence-corrected chi connectivity index (χ3v) is 2.06. The van der Waals surface area contributed by atoms with Crippen molar-refractivity contribution in [2.75, 3.05) is 0 Å². The van der Waals surface area contributed by atoms with Gasteiger partial charge in [-0.05, 0) is 30.0 Å². The molecule has 0 heterocycles. The number of benzene rings is 1. The Morgan fingerprint density at radius 3 is 2.50 bits per heavy atom. The zero-order valence-corrected chi connectivity index (χ0v) is 10.2. The van der Waals surface area contributed by atoms with Gasteiger partial charge in [0.1, 0.15) is 0 Å². The van der Waals surface area contributed by atoms with Gasteiger partial charge in [0.15, 0.2) is 0 Å². The van der Waals surface area contributed by atoms with Crippen molar-refractivity contribution in [2.45, 2.75) is 20.3 Å². The van der Waals surface area contributed by atoms with Gasteiger partial charge in [0.2, 0.25) is 0 Å². The van der Waals surface area contributed by atoms with Crippen molar-refractivity contribution >= 4 is 18.8 Å². The molecule has 1 aromatic carbocycles. The number of rotatable bonds is 5. The van der Waals surface area contributed by atoms with Gasteiger partial charge in [-0.3, -0.25) is 4.89 Å². The first-order valence-corrected chi connectivity index (χ1v) is 5.44. The molecule has 0 fully saturated rings. The molecule has 0 atom stereocenters. The third-order valence-electron chi connectivity index (χ3n) is 1.99. The van der Waals surface area contributed by atoms with Crippen molar-refractivity contribution in [1.29, 1.82) is 0 Å². The van der Waals surface area contributed by atoms with Crippen LogP contribution in [0.4, 0.5) is 0 Å². The summed E-state index contributed by atoms with van der Waals surface area (Å²) in [5.74, 6) is 0.0344. The molecule has 5 heteroatoms. The van der Waals surface area contributed by atoms with Gasteiger partial charge < -0.3 is 0 Å². The summed E-state index contributed by atoms with van der Waals surface area (Å²) in [5.41, 5.74) is 1.64. The highest BCUT2D eigenvalue weighted by Crippen LogP contribution is 2.10. The van der Waals surface area contributed by atoms with E-state index in [0.29, 0.717) is 11.5 Å². The fourth-order valence-corrected chi connectivity index (χ4v) is 1.39. The number of carbonyl (C=O) groups is 1. The summed E-state index contributed by atoms with van der Waals surface area (Å²) in [6.45, 7) is 4.29. The molecule has 0 aromatic heterocycles. The summed E-state index contributed by atoms with van der Waals surface area (Å²) in [5, 5.41) is 0. The van der Waals surface area contributed by atoms with Crippen LogP contribution >= 0.6 is 12.8 Å². The van der Waals surface area contributed by atoms with Crippen LogP contribution in [-0.2, 0) is 16.3 Å². The maximum Gasteiger partial charge on any atom is 0.375 e. The molecule has 88 valence electrons. The Labute approximate surface area is 100 Å². The average Bonchev–Trinajstić information content (AvgIpc) is 2.26. The van der Waals surface area contributed by atoms with Gasteiger partial charge in [0.05, 0.1) is 5.56 Å². The van der Waals surface area contributed by atoms with Crippen LogP contribution in [0.2, 0.25) is 0 Å². The normalized spacial score (nSPS) is 10.5. The molecule has 1 aromatic rings. The van der Waals surface area contributed by atoms with E-state index in [1.54, 1.807) is 12.1 Å². The van der Waals surface area contributed by atoms with E-state index in [-0.39, 0.29) is 0 Å². The SMILES string of the molecule is CC(C)Cc1ccc(C(=O)OONS)cc1. The lowest BCUT2D eigenvalue weighted by Gasteiger charge is -2.05. The molecule has 0 unspecified atom stereocenters. The summed E-state index contributed by atoms with van der Waals surface area (Å²) in [4.78, 5) is 21.9. The minimum Gasteiger partial charge on any atom is -0.274 e. The molecular formula is C11H15NO3S. The van der Waals surface area contributed by atoms with Crippen molar-refractivity contribution in [3.05, 3.63) is 35.4 Å². The smallest absolute Gasteiger partial charge is 0.274 e. The second kappa shape index (κ2) is 6.52. The predicted octanol–water partition coefficient (Wildman–Crippen LogP) is 2.32. The van der Waals surface area contributed by atoms with Gasteiger partial charge in [0, 0.05) is 0 Å². The van der Waals surface area contributed by atoms with Crippen molar-refractivity contribution in [1.82, 2.24) is 4.89 Å². The largest absolute Gasteiger partial charge is 0.375 e.